The highest BCUT2D eigenvalue weighted by Crippen LogP contribution is 2.25. The Morgan fingerprint density at radius 2 is 2.32 bits per heavy atom. The highest BCUT2D eigenvalue weighted by atomic mass is 32.2. The Balaban J connectivity index is 2.21. The highest BCUT2D eigenvalue weighted by Gasteiger charge is 2.35. The molecule has 1 aromatic rings. The molecule has 8 heteroatoms. The van der Waals surface area contributed by atoms with Gasteiger partial charge in [0.25, 0.3) is 10.0 Å². The zero-order chi connectivity index (χ0) is 14.0. The summed E-state index contributed by atoms with van der Waals surface area (Å²) < 4.78 is 26.3. The van der Waals surface area contributed by atoms with Crippen LogP contribution in [-0.2, 0) is 14.8 Å². The first-order valence-corrected chi connectivity index (χ1v) is 7.49. The van der Waals surface area contributed by atoms with Crippen molar-refractivity contribution in [3.8, 4) is 0 Å². The molecule has 1 saturated heterocycles. The molecule has 2 unspecified atom stereocenters. The number of aryl methyl sites for hydroxylation is 1. The molecule has 0 saturated carbocycles. The van der Waals surface area contributed by atoms with Crippen molar-refractivity contribution in [3.05, 3.63) is 12.0 Å². The van der Waals surface area contributed by atoms with Crippen molar-refractivity contribution < 1.29 is 13.2 Å². The van der Waals surface area contributed by atoms with E-state index in [4.69, 9.17) is 0 Å². The first-order valence-electron chi connectivity index (χ1n) is 6.05. The zero-order valence-electron chi connectivity index (χ0n) is 10.8. The molecule has 19 heavy (non-hydrogen) atoms. The summed E-state index contributed by atoms with van der Waals surface area (Å²) in [4.78, 5) is 20.6. The van der Waals surface area contributed by atoms with Crippen molar-refractivity contribution in [2.75, 3.05) is 6.54 Å². The topological polar surface area (TPSA) is 95.5 Å². The van der Waals surface area contributed by atoms with E-state index in [1.54, 1.807) is 6.92 Å². The van der Waals surface area contributed by atoms with Gasteiger partial charge in [0, 0.05) is 12.6 Å². The molecule has 0 spiro atoms. The first-order chi connectivity index (χ1) is 8.95. The molecule has 0 bridgehead atoms. The molecule has 7 nitrogen and oxygen atoms in total. The van der Waals surface area contributed by atoms with Gasteiger partial charge < -0.3 is 4.98 Å². The number of aromatic amines is 1. The zero-order valence-corrected chi connectivity index (χ0v) is 11.6. The molecule has 2 heterocycles. The lowest BCUT2D eigenvalue weighted by atomic mass is 10.0. The fourth-order valence-corrected chi connectivity index (χ4v) is 3.95. The number of carbonyl (C=O) groups excluding carboxylic acids is 1. The molecular formula is C11H16N4O3S. The smallest absolute Gasteiger partial charge is 0.260 e. The van der Waals surface area contributed by atoms with E-state index in [1.165, 1.54) is 16.6 Å². The molecule has 2 atom stereocenters. The summed E-state index contributed by atoms with van der Waals surface area (Å²) in [5, 5.41) is 0.106. The van der Waals surface area contributed by atoms with Crippen LogP contribution in [0.5, 0.6) is 0 Å². The maximum atomic E-state index is 12.4. The number of nitrogens with one attached hydrogen (secondary N) is 1. The van der Waals surface area contributed by atoms with Gasteiger partial charge in [-0.3, -0.25) is 0 Å². The Kier molecular flexibility index (Phi) is 3.84. The Morgan fingerprint density at radius 1 is 1.58 bits per heavy atom. The number of nitrogens with zero attached hydrogens (tertiary/aromatic N) is 3. The lowest BCUT2D eigenvalue weighted by Gasteiger charge is -2.34. The summed E-state index contributed by atoms with van der Waals surface area (Å²) in [5.74, 6) is 0.562. The number of rotatable bonds is 3. The first kappa shape index (κ1) is 13.9. The van der Waals surface area contributed by atoms with E-state index in [0.717, 1.165) is 0 Å². The normalized spacial score (nSPS) is 24.9. The predicted octanol–water partition coefficient (Wildman–Crippen LogP) is 0.596. The van der Waals surface area contributed by atoms with Crippen molar-refractivity contribution in [1.29, 1.82) is 0 Å². The van der Waals surface area contributed by atoms with Crippen LogP contribution in [0.4, 0.5) is 0 Å². The summed E-state index contributed by atoms with van der Waals surface area (Å²) in [5.41, 5.74) is 0. The molecule has 1 aromatic heterocycles. The number of hydrogen-bond acceptors (Lipinski definition) is 5. The number of sulfonamides is 1. The van der Waals surface area contributed by atoms with Crippen molar-refractivity contribution >= 4 is 16.1 Å². The van der Waals surface area contributed by atoms with E-state index >= 15 is 0 Å². The van der Waals surface area contributed by atoms with E-state index in [9.17, 15) is 13.2 Å². The van der Waals surface area contributed by atoms with Crippen molar-refractivity contribution in [2.24, 2.45) is 4.99 Å². The average Bonchev–Trinajstić information content (AvgIpc) is 2.77. The molecule has 1 aliphatic rings. The average molecular weight is 284 g/mol. The largest absolute Gasteiger partial charge is 0.332 e. The molecule has 1 N–H and O–H groups in total. The van der Waals surface area contributed by atoms with Gasteiger partial charge in [-0.15, -0.1) is 0 Å². The van der Waals surface area contributed by atoms with Gasteiger partial charge in [-0.2, -0.15) is 4.31 Å². The second-order valence-corrected chi connectivity index (χ2v) is 6.56. The van der Waals surface area contributed by atoms with Gasteiger partial charge in [-0.1, -0.05) is 0 Å². The van der Waals surface area contributed by atoms with Crippen LogP contribution in [0.3, 0.4) is 0 Å². The summed E-state index contributed by atoms with van der Waals surface area (Å²) in [6.45, 7) is 3.86. The third-order valence-electron chi connectivity index (χ3n) is 3.29. The number of aliphatic imine (C=N–C) groups is 1. The van der Waals surface area contributed by atoms with Crippen LogP contribution in [0.15, 0.2) is 16.2 Å². The molecule has 104 valence electrons. The molecule has 1 fully saturated rings. The maximum absolute atomic E-state index is 12.4. The van der Waals surface area contributed by atoms with Crippen LogP contribution in [0.25, 0.3) is 0 Å². The Morgan fingerprint density at radius 3 is 2.84 bits per heavy atom. The summed E-state index contributed by atoms with van der Waals surface area (Å²) >= 11 is 0. The number of piperidine rings is 1. The number of isocyanates is 1. The van der Waals surface area contributed by atoms with Gasteiger partial charge in [0.2, 0.25) is 6.08 Å². The Labute approximate surface area is 111 Å². The van der Waals surface area contributed by atoms with Crippen LogP contribution in [0, 0.1) is 6.92 Å². The molecule has 0 amide bonds. The lowest BCUT2D eigenvalue weighted by molar-refractivity contribution is 0.247. The molecule has 2 rings (SSSR count). The van der Waals surface area contributed by atoms with Gasteiger partial charge in [0.1, 0.15) is 5.82 Å². The van der Waals surface area contributed by atoms with Crippen molar-refractivity contribution in [2.45, 2.75) is 43.8 Å². The molecule has 0 aliphatic carbocycles. The lowest BCUT2D eigenvalue weighted by Crippen LogP contribution is -2.45. The minimum Gasteiger partial charge on any atom is -0.332 e. The third-order valence-corrected chi connectivity index (χ3v) is 5.21. The highest BCUT2D eigenvalue weighted by molar-refractivity contribution is 7.89. The van der Waals surface area contributed by atoms with Gasteiger partial charge in [-0.25, -0.2) is 23.2 Å². The van der Waals surface area contributed by atoms with Crippen LogP contribution >= 0.6 is 0 Å². The van der Waals surface area contributed by atoms with E-state index in [-0.39, 0.29) is 17.1 Å². The predicted molar refractivity (Wildman–Crippen MR) is 67.8 cm³/mol. The van der Waals surface area contributed by atoms with E-state index in [1.807, 2.05) is 6.92 Å². The molecule has 0 radical (unpaired) electrons. The van der Waals surface area contributed by atoms with Gasteiger partial charge in [0.15, 0.2) is 5.03 Å². The van der Waals surface area contributed by atoms with E-state index in [2.05, 4.69) is 15.0 Å². The molecule has 1 aliphatic heterocycles. The third kappa shape index (κ3) is 2.75. The van der Waals surface area contributed by atoms with Crippen molar-refractivity contribution in [1.82, 2.24) is 14.3 Å². The summed E-state index contributed by atoms with van der Waals surface area (Å²) in [6, 6.07) is -0.341. The fourth-order valence-electron chi connectivity index (χ4n) is 2.33. The van der Waals surface area contributed by atoms with Gasteiger partial charge >= 0.3 is 0 Å². The quantitative estimate of drug-likeness (QED) is 0.649. The van der Waals surface area contributed by atoms with E-state index < -0.39 is 10.0 Å². The minimum absolute atomic E-state index is 0.106. The number of aromatic nitrogens is 2. The monoisotopic (exact) mass is 284 g/mol. The second kappa shape index (κ2) is 5.24. The number of hydrogen-bond donors (Lipinski definition) is 1. The van der Waals surface area contributed by atoms with E-state index in [0.29, 0.717) is 25.2 Å². The summed E-state index contributed by atoms with van der Waals surface area (Å²) in [7, 11) is -3.55. The van der Waals surface area contributed by atoms with Crippen LogP contribution < -0.4 is 0 Å². The SMILES string of the molecule is Cc1ncc(S(=O)(=O)N2CCC(N=C=O)CC2C)[nH]1. The van der Waals surface area contributed by atoms with Crippen LogP contribution in [0.1, 0.15) is 25.6 Å². The number of H-pyrrole nitrogens is 1. The van der Waals surface area contributed by atoms with Gasteiger partial charge in [0.05, 0.1) is 12.2 Å². The number of imidazole rings is 1. The van der Waals surface area contributed by atoms with Crippen LogP contribution in [0.2, 0.25) is 0 Å². The standard InChI is InChI=1S/C11H16N4O3S/c1-8-5-10(13-7-16)3-4-15(8)19(17,18)11-6-12-9(2)14-11/h6,8,10H,3-5H2,1-2H3,(H,12,14). The minimum atomic E-state index is -3.55. The Hall–Kier alpha value is -1.50. The molecule has 0 aromatic carbocycles. The van der Waals surface area contributed by atoms with Crippen LogP contribution in [-0.4, -0.2) is 47.4 Å². The summed E-state index contributed by atoms with van der Waals surface area (Å²) in [6.07, 6.45) is 3.93. The maximum Gasteiger partial charge on any atom is 0.260 e. The molecular weight excluding hydrogens is 268 g/mol. The Bertz CT molecular complexity index is 603. The second-order valence-electron chi connectivity index (χ2n) is 4.70. The van der Waals surface area contributed by atoms with Gasteiger partial charge in [-0.05, 0) is 26.7 Å². The fraction of sp³-hybridized carbons (Fsp3) is 0.636. The van der Waals surface area contributed by atoms with Crippen molar-refractivity contribution in [3.63, 3.8) is 0 Å².